The van der Waals surface area contributed by atoms with E-state index in [1.165, 1.54) is 0 Å². The molecule has 1 aliphatic rings. The highest BCUT2D eigenvalue weighted by Gasteiger charge is 2.30. The van der Waals surface area contributed by atoms with E-state index in [-0.39, 0.29) is 23.6 Å². The molecular weight excluding hydrogens is 508 g/mol. The molecule has 0 saturated carbocycles. The number of carbonyl (C=O) groups is 1. The highest BCUT2D eigenvalue weighted by atomic mass is 35.5. The second-order valence-corrected chi connectivity index (χ2v) is 11.6. The predicted molar refractivity (Wildman–Crippen MR) is 149 cm³/mol. The second-order valence-electron chi connectivity index (χ2n) is 10.3. The first-order valence-electron chi connectivity index (χ1n) is 12.2. The zero-order chi connectivity index (χ0) is 26.2. The van der Waals surface area contributed by atoms with Crippen molar-refractivity contribution in [2.75, 3.05) is 18.4 Å². The standard InChI is InChI=1S/C28H29ClN4O3S/c1-28(2,3)36-27(35)33-12-10-20(16-33)31-23-15-24(34)32-22-9-6-18(14-21(22)23)25(26-30-11-13-37-26)17-4-7-19(29)8-5-17/h4-9,11,13-15,20,25H,10,12,16H2,1-3H3,(H2,31,32,34)/t20-,25?/m0/s1. The van der Waals surface area contributed by atoms with Gasteiger partial charge in [-0.1, -0.05) is 29.8 Å². The van der Waals surface area contributed by atoms with Gasteiger partial charge in [-0.05, 0) is 62.6 Å². The van der Waals surface area contributed by atoms with Crippen LogP contribution < -0.4 is 10.9 Å². The van der Waals surface area contributed by atoms with Crippen LogP contribution in [-0.4, -0.2) is 45.7 Å². The Labute approximate surface area is 224 Å². The molecule has 2 aromatic heterocycles. The Balaban J connectivity index is 1.47. The van der Waals surface area contributed by atoms with Crippen LogP contribution in [0.2, 0.25) is 5.02 Å². The smallest absolute Gasteiger partial charge is 0.410 e. The fourth-order valence-electron chi connectivity index (χ4n) is 4.67. The molecule has 2 N–H and O–H groups in total. The Kier molecular flexibility index (Phi) is 6.96. The summed E-state index contributed by atoms with van der Waals surface area (Å²) in [5.74, 6) is -0.0735. The summed E-state index contributed by atoms with van der Waals surface area (Å²) in [6, 6.07) is 15.5. The zero-order valence-electron chi connectivity index (χ0n) is 21.0. The number of amides is 1. The van der Waals surface area contributed by atoms with Crippen molar-refractivity contribution in [3.05, 3.63) is 91.6 Å². The van der Waals surface area contributed by atoms with E-state index in [1.54, 1.807) is 22.3 Å². The SMILES string of the molecule is CC(C)(C)OC(=O)N1CC[C@H](Nc2cc(=O)[nH]c3ccc(C(c4ccc(Cl)cc4)c4nccs4)cc23)C1. The van der Waals surface area contributed by atoms with Crippen LogP contribution in [0, 0.1) is 0 Å². The summed E-state index contributed by atoms with van der Waals surface area (Å²) in [6.45, 7) is 6.69. The van der Waals surface area contributed by atoms with E-state index in [4.69, 9.17) is 16.3 Å². The number of hydrogen-bond acceptors (Lipinski definition) is 6. The average Bonchev–Trinajstić information content (AvgIpc) is 3.52. The Morgan fingerprint density at radius 2 is 1.95 bits per heavy atom. The largest absolute Gasteiger partial charge is 0.444 e. The number of H-pyrrole nitrogens is 1. The predicted octanol–water partition coefficient (Wildman–Crippen LogP) is 6.24. The molecule has 7 nitrogen and oxygen atoms in total. The maximum atomic E-state index is 12.5. The highest BCUT2D eigenvalue weighted by molar-refractivity contribution is 7.09. The molecule has 5 rings (SSSR count). The minimum absolute atomic E-state index is 0.00667. The second kappa shape index (κ2) is 10.2. The van der Waals surface area contributed by atoms with E-state index in [0.29, 0.717) is 18.1 Å². The van der Waals surface area contributed by atoms with E-state index < -0.39 is 5.60 Å². The van der Waals surface area contributed by atoms with Gasteiger partial charge in [0.2, 0.25) is 5.56 Å². The molecule has 1 fully saturated rings. The van der Waals surface area contributed by atoms with Gasteiger partial charge in [-0.2, -0.15) is 0 Å². The number of thiazole rings is 1. The number of ether oxygens (including phenoxy) is 1. The number of hydrogen-bond donors (Lipinski definition) is 2. The van der Waals surface area contributed by atoms with Crippen LogP contribution >= 0.6 is 22.9 Å². The molecule has 2 atom stereocenters. The van der Waals surface area contributed by atoms with E-state index in [0.717, 1.165) is 39.1 Å². The molecular formula is C28H29ClN4O3S. The van der Waals surface area contributed by atoms with Crippen molar-refractivity contribution in [3.63, 3.8) is 0 Å². The van der Waals surface area contributed by atoms with Crippen molar-refractivity contribution < 1.29 is 9.53 Å². The lowest BCUT2D eigenvalue weighted by atomic mass is 9.90. The lowest BCUT2D eigenvalue weighted by Crippen LogP contribution is -2.36. The number of anilines is 1. The minimum atomic E-state index is -0.542. The minimum Gasteiger partial charge on any atom is -0.444 e. The summed E-state index contributed by atoms with van der Waals surface area (Å²) in [4.78, 5) is 34.2. The van der Waals surface area contributed by atoms with Gasteiger partial charge in [-0.15, -0.1) is 11.3 Å². The third-order valence-corrected chi connectivity index (χ3v) is 7.39. The number of fused-ring (bicyclic) bond motifs is 1. The van der Waals surface area contributed by atoms with Crippen LogP contribution in [-0.2, 0) is 4.74 Å². The molecule has 0 aliphatic carbocycles. The third kappa shape index (κ3) is 5.81. The molecule has 9 heteroatoms. The first-order valence-corrected chi connectivity index (χ1v) is 13.5. The number of likely N-dealkylation sites (tertiary alicyclic amines) is 1. The van der Waals surface area contributed by atoms with Crippen LogP contribution in [0.4, 0.5) is 10.5 Å². The van der Waals surface area contributed by atoms with Crippen LogP contribution in [0.3, 0.4) is 0 Å². The summed E-state index contributed by atoms with van der Waals surface area (Å²) < 4.78 is 5.53. The molecule has 37 heavy (non-hydrogen) atoms. The monoisotopic (exact) mass is 536 g/mol. The Morgan fingerprint density at radius 3 is 2.65 bits per heavy atom. The van der Waals surface area contributed by atoms with Gasteiger partial charge in [0.25, 0.3) is 0 Å². The number of carbonyl (C=O) groups excluding carboxylic acids is 1. The molecule has 1 aliphatic heterocycles. The Hall–Kier alpha value is -3.36. The van der Waals surface area contributed by atoms with Gasteiger partial charge in [0.05, 0.1) is 11.4 Å². The van der Waals surface area contributed by atoms with E-state index in [1.807, 2.05) is 68.7 Å². The van der Waals surface area contributed by atoms with Crippen molar-refractivity contribution in [1.29, 1.82) is 0 Å². The first-order chi connectivity index (χ1) is 17.7. The number of aromatic amines is 1. The topological polar surface area (TPSA) is 87.3 Å². The average molecular weight is 537 g/mol. The fraction of sp³-hybridized carbons (Fsp3) is 0.321. The van der Waals surface area contributed by atoms with Gasteiger partial charge in [-0.25, -0.2) is 9.78 Å². The van der Waals surface area contributed by atoms with Crippen LogP contribution in [0.25, 0.3) is 10.9 Å². The van der Waals surface area contributed by atoms with Gasteiger partial charge in [0.1, 0.15) is 10.6 Å². The normalized spacial score (nSPS) is 16.6. The quantitative estimate of drug-likeness (QED) is 0.315. The van der Waals surface area contributed by atoms with Gasteiger partial charge in [0.15, 0.2) is 0 Å². The number of nitrogens with one attached hydrogen (secondary N) is 2. The van der Waals surface area contributed by atoms with Crippen LogP contribution in [0.5, 0.6) is 0 Å². The number of aromatic nitrogens is 2. The van der Waals surface area contributed by atoms with Crippen molar-refractivity contribution in [3.8, 4) is 0 Å². The van der Waals surface area contributed by atoms with E-state index in [2.05, 4.69) is 21.4 Å². The molecule has 0 bridgehead atoms. The molecule has 2 aromatic carbocycles. The van der Waals surface area contributed by atoms with Gasteiger partial charge < -0.3 is 19.9 Å². The molecule has 0 radical (unpaired) electrons. The number of pyridine rings is 1. The summed E-state index contributed by atoms with van der Waals surface area (Å²) in [7, 11) is 0. The summed E-state index contributed by atoms with van der Waals surface area (Å²) in [5, 5.41) is 8.06. The maximum Gasteiger partial charge on any atom is 0.410 e. The summed E-state index contributed by atoms with van der Waals surface area (Å²) in [5.41, 5.74) is 2.90. The molecule has 0 spiro atoms. The maximum absolute atomic E-state index is 12.5. The van der Waals surface area contributed by atoms with Crippen molar-refractivity contribution in [2.45, 2.75) is 44.8 Å². The third-order valence-electron chi connectivity index (χ3n) is 6.30. The molecule has 4 aromatic rings. The lowest BCUT2D eigenvalue weighted by Gasteiger charge is -2.24. The Bertz CT molecular complexity index is 1460. The number of benzene rings is 2. The van der Waals surface area contributed by atoms with E-state index in [9.17, 15) is 9.59 Å². The molecule has 192 valence electrons. The van der Waals surface area contributed by atoms with Gasteiger partial charge in [-0.3, -0.25) is 4.79 Å². The molecule has 1 unspecified atom stereocenters. The van der Waals surface area contributed by atoms with E-state index >= 15 is 0 Å². The Morgan fingerprint density at radius 1 is 1.19 bits per heavy atom. The van der Waals surface area contributed by atoms with Crippen LogP contribution in [0.1, 0.15) is 49.2 Å². The van der Waals surface area contributed by atoms with Crippen molar-refractivity contribution >= 4 is 45.6 Å². The zero-order valence-corrected chi connectivity index (χ0v) is 22.5. The number of rotatable bonds is 5. The van der Waals surface area contributed by atoms with Crippen molar-refractivity contribution in [2.24, 2.45) is 0 Å². The van der Waals surface area contributed by atoms with Gasteiger partial charge >= 0.3 is 6.09 Å². The summed E-state index contributed by atoms with van der Waals surface area (Å²) in [6.07, 6.45) is 2.26. The van der Waals surface area contributed by atoms with Crippen molar-refractivity contribution in [1.82, 2.24) is 14.9 Å². The molecule has 1 saturated heterocycles. The highest BCUT2D eigenvalue weighted by Crippen LogP contribution is 2.36. The van der Waals surface area contributed by atoms with Crippen LogP contribution in [0.15, 0.2) is 64.9 Å². The fourth-order valence-corrected chi connectivity index (χ4v) is 5.59. The molecule has 1 amide bonds. The number of halogens is 1. The summed E-state index contributed by atoms with van der Waals surface area (Å²) >= 11 is 7.76. The number of nitrogens with zero attached hydrogens (tertiary/aromatic N) is 2. The molecule has 3 heterocycles. The van der Waals surface area contributed by atoms with Gasteiger partial charge in [0, 0.05) is 52.9 Å². The lowest BCUT2D eigenvalue weighted by molar-refractivity contribution is 0.0293. The first kappa shape index (κ1) is 25.3.